The van der Waals surface area contributed by atoms with Crippen LogP contribution in [0.3, 0.4) is 0 Å². The molecule has 0 aliphatic heterocycles. The Morgan fingerprint density at radius 2 is 1.94 bits per heavy atom. The molecule has 18 heavy (non-hydrogen) atoms. The molecule has 0 atom stereocenters. The second kappa shape index (κ2) is 4.30. The van der Waals surface area contributed by atoms with Gasteiger partial charge < -0.3 is 5.73 Å². The summed E-state index contributed by atoms with van der Waals surface area (Å²) >= 11 is 1.56. The number of rotatable bonds is 2. The van der Waals surface area contributed by atoms with E-state index >= 15 is 0 Å². The van der Waals surface area contributed by atoms with Gasteiger partial charge >= 0.3 is 0 Å². The lowest BCUT2D eigenvalue weighted by molar-refractivity contribution is 0.754. The predicted molar refractivity (Wildman–Crippen MR) is 71.3 cm³/mol. The quantitative estimate of drug-likeness (QED) is 0.761. The number of anilines is 1. The van der Waals surface area contributed by atoms with Gasteiger partial charge in [0.25, 0.3) is 0 Å². The Labute approximate surface area is 108 Å². The van der Waals surface area contributed by atoms with Crippen molar-refractivity contribution in [1.29, 1.82) is 0 Å². The number of fused-ring (bicyclic) bond motifs is 1. The lowest BCUT2D eigenvalue weighted by Gasteiger charge is -1.98. The summed E-state index contributed by atoms with van der Waals surface area (Å²) in [5, 5.41) is 6.09. The summed E-state index contributed by atoms with van der Waals surface area (Å²) in [7, 11) is 1.85. The van der Waals surface area contributed by atoms with Crippen LogP contribution in [0, 0.1) is 0 Å². The molecule has 0 radical (unpaired) electrons. The van der Waals surface area contributed by atoms with Gasteiger partial charge in [-0.25, -0.2) is 14.6 Å². The smallest absolute Gasteiger partial charge is 0.164 e. The fourth-order valence-corrected chi connectivity index (χ4v) is 2.72. The molecule has 0 spiro atoms. The van der Waals surface area contributed by atoms with Crippen LogP contribution in [0.1, 0.15) is 0 Å². The van der Waals surface area contributed by atoms with Crippen molar-refractivity contribution in [3.8, 4) is 0 Å². The molecule has 2 heterocycles. The first-order chi connectivity index (χ1) is 8.75. The summed E-state index contributed by atoms with van der Waals surface area (Å²) < 4.78 is 1.72. The fourth-order valence-electron chi connectivity index (χ4n) is 1.75. The standard InChI is InChI=1S/C12H11N5S/c1-17-11-9(10(13)14-7-15-11)12(16-17)18-8-5-3-2-4-6-8/h2-7H,1H3,(H2,13,14,15). The lowest BCUT2D eigenvalue weighted by atomic mass is 10.4. The summed E-state index contributed by atoms with van der Waals surface area (Å²) in [5.74, 6) is 0.464. The number of aryl methyl sites for hydroxylation is 1. The Hall–Kier alpha value is -2.08. The molecule has 0 aliphatic carbocycles. The second-order valence-corrected chi connectivity index (χ2v) is 4.86. The van der Waals surface area contributed by atoms with Crippen LogP contribution in [0.5, 0.6) is 0 Å². The van der Waals surface area contributed by atoms with Crippen molar-refractivity contribution in [2.75, 3.05) is 5.73 Å². The van der Waals surface area contributed by atoms with Crippen LogP contribution < -0.4 is 5.73 Å². The molecular weight excluding hydrogens is 246 g/mol. The Bertz CT molecular complexity index is 692. The monoisotopic (exact) mass is 257 g/mol. The molecule has 2 aromatic heterocycles. The Kier molecular flexibility index (Phi) is 2.64. The van der Waals surface area contributed by atoms with E-state index in [2.05, 4.69) is 15.1 Å². The van der Waals surface area contributed by atoms with Gasteiger partial charge in [-0.3, -0.25) is 0 Å². The van der Waals surface area contributed by atoms with Gasteiger partial charge in [-0.15, -0.1) is 0 Å². The van der Waals surface area contributed by atoms with Gasteiger partial charge in [0.05, 0.1) is 5.39 Å². The van der Waals surface area contributed by atoms with Crippen molar-refractivity contribution >= 4 is 28.6 Å². The molecule has 0 unspecified atom stereocenters. The van der Waals surface area contributed by atoms with Crippen molar-refractivity contribution in [2.24, 2.45) is 7.05 Å². The van der Waals surface area contributed by atoms with Gasteiger partial charge in [0.2, 0.25) is 0 Å². The van der Waals surface area contributed by atoms with Gasteiger partial charge in [-0.1, -0.05) is 30.0 Å². The van der Waals surface area contributed by atoms with Crippen molar-refractivity contribution in [1.82, 2.24) is 19.7 Å². The van der Waals surface area contributed by atoms with E-state index in [9.17, 15) is 0 Å². The highest BCUT2D eigenvalue weighted by Gasteiger charge is 2.14. The van der Waals surface area contributed by atoms with Crippen molar-refractivity contribution < 1.29 is 0 Å². The van der Waals surface area contributed by atoms with Crippen LogP contribution in [-0.2, 0) is 7.05 Å². The fraction of sp³-hybridized carbons (Fsp3) is 0.0833. The molecule has 3 rings (SSSR count). The van der Waals surface area contributed by atoms with E-state index in [0.29, 0.717) is 5.82 Å². The van der Waals surface area contributed by atoms with Crippen molar-refractivity contribution in [2.45, 2.75) is 9.92 Å². The molecule has 2 N–H and O–H groups in total. The van der Waals surface area contributed by atoms with Crippen LogP contribution in [-0.4, -0.2) is 19.7 Å². The predicted octanol–water partition coefficient (Wildman–Crippen LogP) is 2.10. The Morgan fingerprint density at radius 1 is 1.17 bits per heavy atom. The third kappa shape index (κ3) is 1.80. The van der Waals surface area contributed by atoms with Crippen LogP contribution >= 0.6 is 11.8 Å². The van der Waals surface area contributed by atoms with Crippen molar-refractivity contribution in [3.63, 3.8) is 0 Å². The van der Waals surface area contributed by atoms with E-state index in [1.165, 1.54) is 6.33 Å². The molecule has 3 aromatic rings. The molecule has 5 nitrogen and oxygen atoms in total. The minimum Gasteiger partial charge on any atom is -0.383 e. The molecule has 0 amide bonds. The van der Waals surface area contributed by atoms with Crippen LogP contribution in [0.4, 0.5) is 5.82 Å². The minimum atomic E-state index is 0.464. The van der Waals surface area contributed by atoms with E-state index < -0.39 is 0 Å². The zero-order valence-electron chi connectivity index (χ0n) is 9.74. The number of aromatic nitrogens is 4. The number of nitrogens with two attached hydrogens (primary N) is 1. The number of benzene rings is 1. The first kappa shape index (κ1) is 11.0. The topological polar surface area (TPSA) is 69.6 Å². The summed E-state index contributed by atoms with van der Waals surface area (Å²) in [6, 6.07) is 10.0. The van der Waals surface area contributed by atoms with E-state index in [0.717, 1.165) is 21.0 Å². The van der Waals surface area contributed by atoms with E-state index in [1.807, 2.05) is 37.4 Å². The molecule has 90 valence electrons. The highest BCUT2D eigenvalue weighted by molar-refractivity contribution is 7.99. The van der Waals surface area contributed by atoms with E-state index in [1.54, 1.807) is 16.4 Å². The molecule has 0 fully saturated rings. The largest absolute Gasteiger partial charge is 0.383 e. The van der Waals surface area contributed by atoms with Gasteiger partial charge in [0, 0.05) is 11.9 Å². The third-order valence-corrected chi connectivity index (χ3v) is 3.56. The third-order valence-electron chi connectivity index (χ3n) is 2.58. The van der Waals surface area contributed by atoms with E-state index in [4.69, 9.17) is 5.73 Å². The molecule has 0 saturated carbocycles. The maximum absolute atomic E-state index is 5.91. The Balaban J connectivity index is 2.13. The average molecular weight is 257 g/mol. The first-order valence-electron chi connectivity index (χ1n) is 5.42. The lowest BCUT2D eigenvalue weighted by Crippen LogP contribution is -1.95. The maximum atomic E-state index is 5.91. The zero-order chi connectivity index (χ0) is 12.5. The summed E-state index contributed by atoms with van der Waals surface area (Å²) in [5.41, 5.74) is 6.66. The second-order valence-electron chi connectivity index (χ2n) is 3.80. The molecule has 1 aromatic carbocycles. The number of hydrogen-bond donors (Lipinski definition) is 1. The van der Waals surface area contributed by atoms with Crippen LogP contribution in [0.2, 0.25) is 0 Å². The van der Waals surface area contributed by atoms with Gasteiger partial charge in [-0.05, 0) is 12.1 Å². The molecule has 0 saturated heterocycles. The molecule has 0 bridgehead atoms. The summed E-state index contributed by atoms with van der Waals surface area (Å²) in [6.45, 7) is 0. The summed E-state index contributed by atoms with van der Waals surface area (Å²) in [6.07, 6.45) is 1.45. The Morgan fingerprint density at radius 3 is 2.72 bits per heavy atom. The number of nitrogens with zero attached hydrogens (tertiary/aromatic N) is 4. The highest BCUT2D eigenvalue weighted by Crippen LogP contribution is 2.33. The van der Waals surface area contributed by atoms with Crippen LogP contribution in [0.25, 0.3) is 11.0 Å². The van der Waals surface area contributed by atoms with Gasteiger partial charge in [-0.2, -0.15) is 5.10 Å². The van der Waals surface area contributed by atoms with Gasteiger partial charge in [0.1, 0.15) is 17.2 Å². The zero-order valence-corrected chi connectivity index (χ0v) is 10.6. The summed E-state index contributed by atoms with van der Waals surface area (Å²) in [4.78, 5) is 9.33. The average Bonchev–Trinajstić information content (AvgIpc) is 2.69. The van der Waals surface area contributed by atoms with Crippen LogP contribution in [0.15, 0.2) is 46.6 Å². The number of hydrogen-bond acceptors (Lipinski definition) is 5. The highest BCUT2D eigenvalue weighted by atomic mass is 32.2. The van der Waals surface area contributed by atoms with E-state index in [-0.39, 0.29) is 0 Å². The SMILES string of the molecule is Cn1nc(Sc2ccccc2)c2c(N)ncnc21. The molecule has 6 heteroatoms. The first-order valence-corrected chi connectivity index (χ1v) is 6.23. The minimum absolute atomic E-state index is 0.464. The normalized spacial score (nSPS) is 10.9. The molecule has 0 aliphatic rings. The van der Waals surface area contributed by atoms with Gasteiger partial charge in [0.15, 0.2) is 5.65 Å². The molecular formula is C12H11N5S. The maximum Gasteiger partial charge on any atom is 0.164 e. The van der Waals surface area contributed by atoms with Crippen molar-refractivity contribution in [3.05, 3.63) is 36.7 Å². The number of nitrogen functional groups attached to an aromatic ring is 1.